The third-order valence-corrected chi connectivity index (χ3v) is 5.23. The monoisotopic (exact) mass is 305 g/mol. The lowest BCUT2D eigenvalue weighted by molar-refractivity contribution is 0.165. The predicted molar refractivity (Wildman–Crippen MR) is 73.3 cm³/mol. The zero-order chi connectivity index (χ0) is 14.0. The summed E-state index contributed by atoms with van der Waals surface area (Å²) in [6, 6.07) is 4.83. The van der Waals surface area contributed by atoms with E-state index in [1.54, 1.807) is 25.3 Å². The van der Waals surface area contributed by atoms with Gasteiger partial charge in [-0.1, -0.05) is 17.7 Å². The average Bonchev–Trinajstić information content (AvgIpc) is 2.60. The lowest BCUT2D eigenvalue weighted by atomic mass is 10.1. The molecule has 1 heterocycles. The molecule has 0 amide bonds. The summed E-state index contributed by atoms with van der Waals surface area (Å²) in [5.41, 5.74) is 0.753. The van der Waals surface area contributed by atoms with Gasteiger partial charge < -0.3 is 15.2 Å². The van der Waals surface area contributed by atoms with Crippen molar-refractivity contribution in [3.8, 4) is 5.75 Å². The number of nitrogens with one attached hydrogen (secondary N) is 1. The second kappa shape index (κ2) is 5.66. The first-order chi connectivity index (χ1) is 8.93. The maximum absolute atomic E-state index is 11.4. The summed E-state index contributed by atoms with van der Waals surface area (Å²) in [6.07, 6.45) is -0.876. The van der Waals surface area contributed by atoms with Crippen molar-refractivity contribution < 1.29 is 18.3 Å². The van der Waals surface area contributed by atoms with E-state index in [9.17, 15) is 13.5 Å². The molecule has 1 aliphatic heterocycles. The third kappa shape index (κ3) is 3.39. The molecule has 0 aliphatic carbocycles. The van der Waals surface area contributed by atoms with E-state index in [2.05, 4.69) is 5.32 Å². The Bertz CT molecular complexity index is 561. The number of aliphatic hydroxyl groups is 1. The van der Waals surface area contributed by atoms with Gasteiger partial charge in [0.2, 0.25) is 0 Å². The van der Waals surface area contributed by atoms with Crippen LogP contribution < -0.4 is 10.1 Å². The van der Waals surface area contributed by atoms with Gasteiger partial charge in [-0.2, -0.15) is 0 Å². The van der Waals surface area contributed by atoms with Crippen LogP contribution in [0.2, 0.25) is 5.02 Å². The van der Waals surface area contributed by atoms with Crippen molar-refractivity contribution in [3.05, 3.63) is 28.8 Å². The molecule has 2 atom stereocenters. The van der Waals surface area contributed by atoms with Crippen LogP contribution in [-0.2, 0) is 16.4 Å². The highest BCUT2D eigenvalue weighted by molar-refractivity contribution is 7.91. The van der Waals surface area contributed by atoms with E-state index in [1.165, 1.54) is 0 Å². The molecule has 0 aromatic heterocycles. The Morgan fingerprint density at radius 3 is 2.79 bits per heavy atom. The molecule has 106 valence electrons. The van der Waals surface area contributed by atoms with Gasteiger partial charge in [0.15, 0.2) is 9.84 Å². The van der Waals surface area contributed by atoms with E-state index in [0.29, 0.717) is 17.3 Å². The van der Waals surface area contributed by atoms with Crippen molar-refractivity contribution in [2.45, 2.75) is 18.7 Å². The zero-order valence-corrected chi connectivity index (χ0v) is 12.0. The van der Waals surface area contributed by atoms with Crippen LogP contribution in [0.15, 0.2) is 18.2 Å². The fourth-order valence-corrected chi connectivity index (χ4v) is 4.17. The van der Waals surface area contributed by atoms with Crippen molar-refractivity contribution in [3.63, 3.8) is 0 Å². The van der Waals surface area contributed by atoms with Crippen LogP contribution in [0.5, 0.6) is 5.75 Å². The number of methoxy groups -OCH3 is 1. The number of halogens is 1. The molecule has 1 aliphatic rings. The third-order valence-electron chi connectivity index (χ3n) is 3.16. The number of rotatable bonds is 4. The van der Waals surface area contributed by atoms with Crippen molar-refractivity contribution in [2.24, 2.45) is 0 Å². The molecule has 5 nitrogen and oxygen atoms in total. The molecular formula is C12H16ClNO4S. The Kier molecular flexibility index (Phi) is 4.35. The second-order valence-electron chi connectivity index (χ2n) is 4.55. The fourth-order valence-electron chi connectivity index (χ4n) is 2.16. The largest absolute Gasteiger partial charge is 0.496 e. The molecule has 0 bridgehead atoms. The molecule has 1 aromatic rings. The summed E-state index contributed by atoms with van der Waals surface area (Å²) in [5, 5.41) is 13.3. The van der Waals surface area contributed by atoms with Gasteiger partial charge in [0, 0.05) is 23.2 Å². The van der Waals surface area contributed by atoms with Crippen LogP contribution in [0.1, 0.15) is 5.56 Å². The molecular weight excluding hydrogens is 290 g/mol. The molecule has 7 heteroatoms. The highest BCUT2D eigenvalue weighted by atomic mass is 35.5. The Morgan fingerprint density at radius 2 is 2.21 bits per heavy atom. The van der Waals surface area contributed by atoms with Crippen LogP contribution in [0.3, 0.4) is 0 Å². The highest BCUT2D eigenvalue weighted by Crippen LogP contribution is 2.26. The Labute approximate surface area is 117 Å². The topological polar surface area (TPSA) is 75.6 Å². The number of aliphatic hydroxyl groups excluding tert-OH is 1. The van der Waals surface area contributed by atoms with Crippen molar-refractivity contribution in [1.29, 1.82) is 0 Å². The summed E-state index contributed by atoms with van der Waals surface area (Å²) in [7, 11) is -1.61. The number of benzene rings is 1. The quantitative estimate of drug-likeness (QED) is 0.852. The fraction of sp³-hybridized carbons (Fsp3) is 0.500. The predicted octanol–water partition coefficient (Wildman–Crippen LogP) is 0.596. The number of ether oxygens (including phenoxy) is 1. The first-order valence-electron chi connectivity index (χ1n) is 5.86. The standard InChI is InChI=1S/C12H16ClNO4S/c1-18-12-4-2-3-9(13)8(12)5-14-10-6-19(16,17)7-11(10)15/h2-4,10-11,14-15H,5-7H2,1H3. The van der Waals surface area contributed by atoms with E-state index in [1.807, 2.05) is 0 Å². The van der Waals surface area contributed by atoms with E-state index in [-0.39, 0.29) is 11.5 Å². The summed E-state index contributed by atoms with van der Waals surface area (Å²) < 4.78 is 28.0. The Hall–Kier alpha value is -0.820. The molecule has 1 fully saturated rings. The minimum absolute atomic E-state index is 0.0546. The minimum atomic E-state index is -3.15. The van der Waals surface area contributed by atoms with Crippen molar-refractivity contribution in [2.75, 3.05) is 18.6 Å². The molecule has 0 spiro atoms. The van der Waals surface area contributed by atoms with Crippen LogP contribution in [0, 0.1) is 0 Å². The maximum atomic E-state index is 11.4. The average molecular weight is 306 g/mol. The lowest BCUT2D eigenvalue weighted by Gasteiger charge is -2.17. The van der Waals surface area contributed by atoms with Gasteiger partial charge in [-0.3, -0.25) is 0 Å². The van der Waals surface area contributed by atoms with Gasteiger partial charge >= 0.3 is 0 Å². The van der Waals surface area contributed by atoms with Crippen LogP contribution in [0.25, 0.3) is 0 Å². The van der Waals surface area contributed by atoms with Crippen molar-refractivity contribution >= 4 is 21.4 Å². The molecule has 1 saturated heterocycles. The summed E-state index contributed by atoms with van der Waals surface area (Å²) >= 11 is 6.09. The molecule has 2 unspecified atom stereocenters. The minimum Gasteiger partial charge on any atom is -0.496 e. The normalized spacial score (nSPS) is 25.4. The number of sulfone groups is 1. The lowest BCUT2D eigenvalue weighted by Crippen LogP contribution is -2.38. The number of hydrogen-bond donors (Lipinski definition) is 2. The molecule has 19 heavy (non-hydrogen) atoms. The van der Waals surface area contributed by atoms with Gasteiger partial charge in [0.1, 0.15) is 5.75 Å². The van der Waals surface area contributed by atoms with Gasteiger partial charge in [-0.05, 0) is 12.1 Å². The van der Waals surface area contributed by atoms with Crippen LogP contribution in [0.4, 0.5) is 0 Å². The first kappa shape index (κ1) is 14.6. The van der Waals surface area contributed by atoms with Gasteiger partial charge in [0.25, 0.3) is 0 Å². The summed E-state index contributed by atoms with van der Waals surface area (Å²) in [4.78, 5) is 0. The molecule has 2 N–H and O–H groups in total. The van der Waals surface area contributed by atoms with E-state index in [4.69, 9.17) is 16.3 Å². The smallest absolute Gasteiger partial charge is 0.154 e. The van der Waals surface area contributed by atoms with E-state index in [0.717, 1.165) is 5.56 Å². The summed E-state index contributed by atoms with van der Waals surface area (Å²) in [5.74, 6) is 0.390. The van der Waals surface area contributed by atoms with Crippen molar-refractivity contribution in [1.82, 2.24) is 5.32 Å². The first-order valence-corrected chi connectivity index (χ1v) is 8.06. The maximum Gasteiger partial charge on any atom is 0.154 e. The second-order valence-corrected chi connectivity index (χ2v) is 7.11. The van der Waals surface area contributed by atoms with Crippen LogP contribution in [-0.4, -0.2) is 44.3 Å². The van der Waals surface area contributed by atoms with E-state index >= 15 is 0 Å². The molecule has 2 rings (SSSR count). The SMILES string of the molecule is COc1cccc(Cl)c1CNC1CS(=O)(=O)CC1O. The molecule has 0 saturated carbocycles. The molecule has 1 aromatic carbocycles. The van der Waals surface area contributed by atoms with Gasteiger partial charge in [-0.25, -0.2) is 8.42 Å². The Balaban J connectivity index is 2.08. The van der Waals surface area contributed by atoms with Gasteiger partial charge in [0.05, 0.1) is 24.7 Å². The number of hydrogen-bond acceptors (Lipinski definition) is 5. The zero-order valence-electron chi connectivity index (χ0n) is 10.5. The Morgan fingerprint density at radius 1 is 1.47 bits per heavy atom. The molecule has 0 radical (unpaired) electrons. The van der Waals surface area contributed by atoms with Gasteiger partial charge in [-0.15, -0.1) is 0 Å². The van der Waals surface area contributed by atoms with E-state index < -0.39 is 22.0 Å². The highest BCUT2D eigenvalue weighted by Gasteiger charge is 2.36. The van der Waals surface area contributed by atoms with Crippen LogP contribution >= 0.6 is 11.6 Å². The summed E-state index contributed by atoms with van der Waals surface area (Å²) in [6.45, 7) is 0.347.